The van der Waals surface area contributed by atoms with Crippen LogP contribution in [0, 0.1) is 0 Å². The molecule has 0 unspecified atom stereocenters. The van der Waals surface area contributed by atoms with Crippen LogP contribution in [0.1, 0.15) is 10.4 Å². The van der Waals surface area contributed by atoms with E-state index in [1.54, 1.807) is 24.5 Å². The van der Waals surface area contributed by atoms with Crippen LogP contribution in [-0.4, -0.2) is 9.97 Å². The average molecular weight is 350 g/mol. The zero-order chi connectivity index (χ0) is 17.2. The Morgan fingerprint density at radius 3 is 2.67 bits per heavy atom. The molecule has 0 aliphatic rings. The molecule has 1 aromatic carbocycles. The molecule has 0 saturated heterocycles. The molecule has 0 aliphatic heterocycles. The van der Waals surface area contributed by atoms with E-state index in [1.807, 2.05) is 6.07 Å². The van der Waals surface area contributed by atoms with Crippen molar-refractivity contribution < 1.29 is 13.2 Å². The van der Waals surface area contributed by atoms with E-state index in [0.717, 1.165) is 22.6 Å². The molecule has 24 heavy (non-hydrogen) atoms. The van der Waals surface area contributed by atoms with Crippen LogP contribution in [0.2, 0.25) is 0 Å². The van der Waals surface area contributed by atoms with Gasteiger partial charge in [0.1, 0.15) is 0 Å². The predicted octanol–water partition coefficient (Wildman–Crippen LogP) is 4.43. The molecular formula is C16H13F3N4S. The Hall–Kier alpha value is -2.45. The second-order valence-corrected chi connectivity index (χ2v) is 6.02. The van der Waals surface area contributed by atoms with E-state index in [1.165, 1.54) is 17.4 Å². The fourth-order valence-electron chi connectivity index (χ4n) is 2.17. The van der Waals surface area contributed by atoms with Gasteiger partial charge in [-0.1, -0.05) is 17.4 Å². The molecule has 3 N–H and O–H groups in total. The number of hydrogen-bond donors (Lipinski definition) is 2. The topological polar surface area (TPSA) is 63.8 Å². The van der Waals surface area contributed by atoms with Gasteiger partial charge in [0, 0.05) is 35.1 Å². The van der Waals surface area contributed by atoms with Crippen molar-refractivity contribution in [3.63, 3.8) is 0 Å². The number of hydrogen-bond acceptors (Lipinski definition) is 5. The standard InChI is InChI=1S/C16H13F3N4S/c17-16(18,19)11-4-1-5-12(7-11)22-15-23-14(13(8-20)24-15)10-3-2-6-21-9-10/h1-7,9H,8,20H2,(H,22,23). The third kappa shape index (κ3) is 3.55. The molecule has 3 aromatic rings. The molecule has 0 radical (unpaired) electrons. The van der Waals surface area contributed by atoms with Gasteiger partial charge in [-0.2, -0.15) is 13.2 Å². The SMILES string of the molecule is NCc1sc(Nc2cccc(C(F)(F)F)c2)nc1-c1cccnc1. The maximum Gasteiger partial charge on any atom is 0.416 e. The normalized spacial score (nSPS) is 11.5. The van der Waals surface area contributed by atoms with Crippen molar-refractivity contribution in [3.05, 3.63) is 59.2 Å². The van der Waals surface area contributed by atoms with E-state index < -0.39 is 11.7 Å². The van der Waals surface area contributed by atoms with Crippen LogP contribution in [0.3, 0.4) is 0 Å². The maximum atomic E-state index is 12.8. The molecule has 8 heteroatoms. The molecule has 2 heterocycles. The van der Waals surface area contributed by atoms with E-state index in [-0.39, 0.29) is 6.54 Å². The van der Waals surface area contributed by atoms with Crippen molar-refractivity contribution in [2.75, 3.05) is 5.32 Å². The number of pyridine rings is 1. The lowest BCUT2D eigenvalue weighted by Crippen LogP contribution is -2.05. The largest absolute Gasteiger partial charge is 0.416 e. The van der Waals surface area contributed by atoms with Gasteiger partial charge in [0.05, 0.1) is 11.3 Å². The molecule has 3 rings (SSSR count). The van der Waals surface area contributed by atoms with Crippen LogP contribution >= 0.6 is 11.3 Å². The first-order valence-corrected chi connectivity index (χ1v) is 7.83. The molecular weight excluding hydrogens is 337 g/mol. The molecule has 0 aliphatic carbocycles. The van der Waals surface area contributed by atoms with E-state index >= 15 is 0 Å². The maximum absolute atomic E-state index is 12.8. The monoisotopic (exact) mass is 350 g/mol. The molecule has 4 nitrogen and oxygen atoms in total. The van der Waals surface area contributed by atoms with Gasteiger partial charge in [-0.15, -0.1) is 0 Å². The molecule has 0 amide bonds. The van der Waals surface area contributed by atoms with Gasteiger partial charge in [0.2, 0.25) is 0 Å². The van der Waals surface area contributed by atoms with Gasteiger partial charge in [0.25, 0.3) is 0 Å². The summed E-state index contributed by atoms with van der Waals surface area (Å²) in [5.41, 5.74) is 6.85. The Bertz CT molecular complexity index is 831. The number of rotatable bonds is 4. The van der Waals surface area contributed by atoms with Gasteiger partial charge < -0.3 is 11.1 Å². The molecule has 2 aromatic heterocycles. The molecule has 124 valence electrons. The minimum atomic E-state index is -4.39. The number of nitrogens with one attached hydrogen (secondary N) is 1. The number of nitrogens with zero attached hydrogens (tertiary/aromatic N) is 2. The number of anilines is 2. The minimum absolute atomic E-state index is 0.284. The minimum Gasteiger partial charge on any atom is -0.332 e. The van der Waals surface area contributed by atoms with Crippen molar-refractivity contribution >= 4 is 22.2 Å². The Balaban J connectivity index is 1.90. The summed E-state index contributed by atoms with van der Waals surface area (Å²) >= 11 is 1.31. The zero-order valence-corrected chi connectivity index (χ0v) is 13.2. The van der Waals surface area contributed by atoms with Gasteiger partial charge in [0.15, 0.2) is 5.13 Å². The third-order valence-corrected chi connectivity index (χ3v) is 4.25. The van der Waals surface area contributed by atoms with Gasteiger partial charge >= 0.3 is 6.18 Å². The van der Waals surface area contributed by atoms with Crippen molar-refractivity contribution in [2.24, 2.45) is 5.73 Å². The van der Waals surface area contributed by atoms with Gasteiger partial charge in [-0.05, 0) is 30.3 Å². The Morgan fingerprint density at radius 2 is 2.00 bits per heavy atom. The van der Waals surface area contributed by atoms with Crippen LogP contribution in [0.25, 0.3) is 11.3 Å². The lowest BCUT2D eigenvalue weighted by Gasteiger charge is -2.08. The number of benzene rings is 1. The highest BCUT2D eigenvalue weighted by atomic mass is 32.1. The van der Waals surface area contributed by atoms with Crippen molar-refractivity contribution in [3.8, 4) is 11.3 Å². The van der Waals surface area contributed by atoms with Crippen LogP contribution in [0.4, 0.5) is 24.0 Å². The summed E-state index contributed by atoms with van der Waals surface area (Å²) in [5.74, 6) is 0. The summed E-state index contributed by atoms with van der Waals surface area (Å²) in [4.78, 5) is 9.32. The first kappa shape index (κ1) is 16.4. The van der Waals surface area contributed by atoms with Gasteiger partial charge in [-0.3, -0.25) is 4.98 Å². The summed E-state index contributed by atoms with van der Waals surface area (Å²) in [6.07, 6.45) is -1.06. The lowest BCUT2D eigenvalue weighted by molar-refractivity contribution is -0.137. The third-order valence-electron chi connectivity index (χ3n) is 3.26. The van der Waals surface area contributed by atoms with Crippen LogP contribution in [0.5, 0.6) is 0 Å². The highest BCUT2D eigenvalue weighted by Crippen LogP contribution is 2.34. The smallest absolute Gasteiger partial charge is 0.332 e. The second-order valence-electron chi connectivity index (χ2n) is 4.94. The quantitative estimate of drug-likeness (QED) is 0.731. The van der Waals surface area contributed by atoms with E-state index in [4.69, 9.17) is 5.73 Å². The number of nitrogens with two attached hydrogens (primary N) is 1. The zero-order valence-electron chi connectivity index (χ0n) is 12.3. The first-order valence-electron chi connectivity index (χ1n) is 7.02. The number of aromatic nitrogens is 2. The van der Waals surface area contributed by atoms with Gasteiger partial charge in [-0.25, -0.2) is 4.98 Å². The molecule has 0 atom stereocenters. The summed E-state index contributed by atoms with van der Waals surface area (Å²) in [6.45, 7) is 0.284. The summed E-state index contributed by atoms with van der Waals surface area (Å²) in [6, 6.07) is 8.63. The Morgan fingerprint density at radius 1 is 1.17 bits per heavy atom. The summed E-state index contributed by atoms with van der Waals surface area (Å²) in [7, 11) is 0. The highest BCUT2D eigenvalue weighted by molar-refractivity contribution is 7.16. The Labute approximate surface area is 140 Å². The fraction of sp³-hybridized carbons (Fsp3) is 0.125. The molecule has 0 spiro atoms. The van der Waals surface area contributed by atoms with E-state index in [0.29, 0.717) is 16.5 Å². The summed E-state index contributed by atoms with van der Waals surface area (Å²) < 4.78 is 38.4. The fourth-order valence-corrected chi connectivity index (χ4v) is 3.05. The van der Waals surface area contributed by atoms with Crippen LogP contribution in [0.15, 0.2) is 48.8 Å². The molecule has 0 saturated carbocycles. The van der Waals surface area contributed by atoms with E-state index in [2.05, 4.69) is 15.3 Å². The van der Waals surface area contributed by atoms with Crippen LogP contribution < -0.4 is 11.1 Å². The molecule has 0 fully saturated rings. The van der Waals surface area contributed by atoms with Crippen LogP contribution in [-0.2, 0) is 12.7 Å². The highest BCUT2D eigenvalue weighted by Gasteiger charge is 2.30. The number of alkyl halides is 3. The number of halogens is 3. The first-order chi connectivity index (χ1) is 11.5. The average Bonchev–Trinajstić information content (AvgIpc) is 2.98. The number of thiazole rings is 1. The Kier molecular flexibility index (Phi) is 4.50. The summed E-state index contributed by atoms with van der Waals surface area (Å²) in [5, 5.41) is 3.39. The lowest BCUT2D eigenvalue weighted by atomic mass is 10.2. The predicted molar refractivity (Wildman–Crippen MR) is 88.0 cm³/mol. The molecule has 0 bridgehead atoms. The van der Waals surface area contributed by atoms with Crippen molar-refractivity contribution in [1.29, 1.82) is 0 Å². The van der Waals surface area contributed by atoms with E-state index in [9.17, 15) is 13.2 Å². The van der Waals surface area contributed by atoms with Crippen molar-refractivity contribution in [2.45, 2.75) is 12.7 Å². The van der Waals surface area contributed by atoms with Crippen molar-refractivity contribution in [1.82, 2.24) is 9.97 Å². The second kappa shape index (κ2) is 6.58.